The zero-order chi connectivity index (χ0) is 13.8. The average molecular weight is 354 g/mol. The van der Waals surface area contributed by atoms with E-state index in [1.807, 2.05) is 0 Å². The molecule has 3 saturated heterocycles. The van der Waals surface area contributed by atoms with Crippen molar-refractivity contribution in [3.63, 3.8) is 0 Å². The largest absolute Gasteiger partial charge is 0.378 e. The van der Waals surface area contributed by atoms with Crippen molar-refractivity contribution in [3.05, 3.63) is 0 Å². The van der Waals surface area contributed by atoms with E-state index < -0.39 is 0 Å². The highest BCUT2D eigenvalue weighted by atomic mass is 35.5. The Bertz CT molecular complexity index is 335. The number of ether oxygens (including phenoxy) is 1. The third kappa shape index (κ3) is 5.24. The maximum Gasteiger partial charge on any atom is 0.224 e. The van der Waals surface area contributed by atoms with Crippen molar-refractivity contribution < 1.29 is 9.53 Å². The number of carbonyl (C=O) groups is 1. The smallest absolute Gasteiger partial charge is 0.224 e. The summed E-state index contributed by atoms with van der Waals surface area (Å²) in [6.07, 6.45) is 5.58. The fourth-order valence-corrected chi connectivity index (χ4v) is 3.70. The van der Waals surface area contributed by atoms with Crippen LogP contribution in [0.2, 0.25) is 0 Å². The number of carbonyl (C=O) groups excluding carboxylic acids is 1. The normalized spacial score (nSPS) is 29.0. The predicted molar refractivity (Wildman–Crippen MR) is 92.1 cm³/mol. The fraction of sp³-hybridized carbons (Fsp3) is 0.933. The van der Waals surface area contributed by atoms with Crippen LogP contribution in [0, 0.1) is 0 Å². The molecule has 0 radical (unpaired) electrons. The van der Waals surface area contributed by atoms with Gasteiger partial charge in [-0.15, -0.1) is 24.8 Å². The summed E-state index contributed by atoms with van der Waals surface area (Å²) in [5.41, 5.74) is 0. The molecular weight excluding hydrogens is 325 g/mol. The highest BCUT2D eigenvalue weighted by Crippen LogP contribution is 2.21. The Kier molecular flexibility index (Phi) is 9.02. The molecule has 0 saturated carbocycles. The van der Waals surface area contributed by atoms with Gasteiger partial charge in [-0.2, -0.15) is 0 Å². The molecule has 0 aromatic carbocycles. The summed E-state index contributed by atoms with van der Waals surface area (Å²) in [4.78, 5) is 17.2. The van der Waals surface area contributed by atoms with E-state index in [-0.39, 0.29) is 30.9 Å². The van der Waals surface area contributed by atoms with E-state index in [1.54, 1.807) is 0 Å². The number of amides is 1. The first-order chi connectivity index (χ1) is 9.83. The van der Waals surface area contributed by atoms with Gasteiger partial charge in [0, 0.05) is 38.1 Å². The molecule has 1 amide bonds. The highest BCUT2D eigenvalue weighted by molar-refractivity contribution is 5.85. The molecule has 0 aromatic rings. The van der Waals surface area contributed by atoms with Gasteiger partial charge in [0.25, 0.3) is 0 Å². The van der Waals surface area contributed by atoms with Crippen LogP contribution in [-0.2, 0) is 9.53 Å². The zero-order valence-electron chi connectivity index (χ0n) is 13.2. The van der Waals surface area contributed by atoms with Gasteiger partial charge in [-0.05, 0) is 38.8 Å². The Balaban J connectivity index is 0.00000121. The maximum absolute atomic E-state index is 12.5. The maximum atomic E-state index is 12.5. The monoisotopic (exact) mass is 353 g/mol. The molecule has 3 aliphatic rings. The van der Waals surface area contributed by atoms with E-state index in [0.717, 1.165) is 26.2 Å². The lowest BCUT2D eigenvalue weighted by atomic mass is 10.1. The van der Waals surface area contributed by atoms with Crippen LogP contribution in [0.1, 0.15) is 32.1 Å². The van der Waals surface area contributed by atoms with Crippen LogP contribution in [-0.4, -0.2) is 73.7 Å². The third-order valence-corrected chi connectivity index (χ3v) is 4.78. The van der Waals surface area contributed by atoms with E-state index in [2.05, 4.69) is 15.1 Å². The lowest BCUT2D eigenvalue weighted by Crippen LogP contribution is -2.47. The molecule has 2 unspecified atom stereocenters. The van der Waals surface area contributed by atoms with Gasteiger partial charge in [0.1, 0.15) is 0 Å². The summed E-state index contributed by atoms with van der Waals surface area (Å²) in [5, 5.41) is 3.38. The van der Waals surface area contributed by atoms with Gasteiger partial charge in [-0.1, -0.05) is 0 Å². The number of hydrogen-bond donors (Lipinski definition) is 1. The van der Waals surface area contributed by atoms with Gasteiger partial charge in [-0.3, -0.25) is 4.79 Å². The van der Waals surface area contributed by atoms with Crippen molar-refractivity contribution in [2.45, 2.75) is 44.2 Å². The number of hydrogen-bond acceptors (Lipinski definition) is 4. The van der Waals surface area contributed by atoms with Crippen LogP contribution in [0.15, 0.2) is 0 Å². The van der Waals surface area contributed by atoms with Crippen molar-refractivity contribution >= 4 is 30.7 Å². The first-order valence-corrected chi connectivity index (χ1v) is 8.16. The lowest BCUT2D eigenvalue weighted by Gasteiger charge is -2.31. The second-order valence-electron chi connectivity index (χ2n) is 6.32. The second kappa shape index (κ2) is 9.93. The van der Waals surface area contributed by atoms with Gasteiger partial charge in [0.15, 0.2) is 0 Å². The molecule has 1 N–H and O–H groups in total. The first-order valence-electron chi connectivity index (χ1n) is 8.16. The molecule has 7 heteroatoms. The summed E-state index contributed by atoms with van der Waals surface area (Å²) in [5.74, 6) is 0.315. The van der Waals surface area contributed by atoms with Crippen molar-refractivity contribution in [2.24, 2.45) is 0 Å². The molecule has 0 spiro atoms. The molecule has 3 heterocycles. The standard InChI is InChI=1S/C15H27N3O2.2ClH/c19-15(10-13-12-20-9-5-16-13)18-8-3-4-14(18)11-17-6-1-2-7-17;;/h13-14,16H,1-12H2;2*1H. The molecule has 0 aliphatic carbocycles. The summed E-state index contributed by atoms with van der Waals surface area (Å²) >= 11 is 0. The van der Waals surface area contributed by atoms with E-state index in [4.69, 9.17) is 4.74 Å². The quantitative estimate of drug-likeness (QED) is 0.827. The van der Waals surface area contributed by atoms with Gasteiger partial charge in [0.05, 0.1) is 13.2 Å². The van der Waals surface area contributed by atoms with Crippen molar-refractivity contribution in [1.82, 2.24) is 15.1 Å². The zero-order valence-corrected chi connectivity index (χ0v) is 14.8. The Morgan fingerprint density at radius 3 is 2.59 bits per heavy atom. The predicted octanol–water partition coefficient (Wildman–Crippen LogP) is 1.30. The van der Waals surface area contributed by atoms with Gasteiger partial charge in [-0.25, -0.2) is 0 Å². The average Bonchev–Trinajstić information content (AvgIpc) is 3.12. The van der Waals surface area contributed by atoms with E-state index >= 15 is 0 Å². The summed E-state index contributed by atoms with van der Waals surface area (Å²) in [6.45, 7) is 6.79. The number of nitrogens with zero attached hydrogens (tertiary/aromatic N) is 2. The van der Waals surface area contributed by atoms with Gasteiger partial charge < -0.3 is 19.9 Å². The van der Waals surface area contributed by atoms with Gasteiger partial charge in [0.2, 0.25) is 5.91 Å². The Labute approximate surface area is 145 Å². The lowest BCUT2D eigenvalue weighted by molar-refractivity contribution is -0.133. The summed E-state index contributed by atoms with van der Waals surface area (Å²) in [7, 11) is 0. The molecule has 2 atom stereocenters. The number of halogens is 2. The number of morpholine rings is 1. The molecule has 3 rings (SSSR count). The van der Waals surface area contributed by atoms with E-state index in [9.17, 15) is 4.79 Å². The van der Waals surface area contributed by atoms with Crippen LogP contribution in [0.25, 0.3) is 0 Å². The topological polar surface area (TPSA) is 44.8 Å². The summed E-state index contributed by atoms with van der Waals surface area (Å²) < 4.78 is 5.44. The van der Waals surface area contributed by atoms with Crippen LogP contribution in [0.4, 0.5) is 0 Å². The second-order valence-corrected chi connectivity index (χ2v) is 6.32. The molecule has 3 aliphatic heterocycles. The SMILES string of the molecule is Cl.Cl.O=C(CC1COCCN1)N1CCCC1CN1CCCC1. The van der Waals surface area contributed by atoms with Crippen molar-refractivity contribution in [3.8, 4) is 0 Å². The van der Waals surface area contributed by atoms with Gasteiger partial charge >= 0.3 is 0 Å². The van der Waals surface area contributed by atoms with Crippen LogP contribution >= 0.6 is 24.8 Å². The minimum Gasteiger partial charge on any atom is -0.378 e. The minimum absolute atomic E-state index is 0. The number of likely N-dealkylation sites (tertiary alicyclic amines) is 2. The van der Waals surface area contributed by atoms with Crippen molar-refractivity contribution in [2.75, 3.05) is 45.9 Å². The Morgan fingerprint density at radius 2 is 1.91 bits per heavy atom. The first kappa shape index (κ1) is 20.0. The molecule has 22 heavy (non-hydrogen) atoms. The number of rotatable bonds is 4. The van der Waals surface area contributed by atoms with Crippen LogP contribution in [0.3, 0.4) is 0 Å². The Hall–Kier alpha value is -0.0700. The van der Waals surface area contributed by atoms with Crippen LogP contribution < -0.4 is 5.32 Å². The Morgan fingerprint density at radius 1 is 1.14 bits per heavy atom. The van der Waals surface area contributed by atoms with E-state index in [0.29, 0.717) is 25.0 Å². The van der Waals surface area contributed by atoms with Crippen LogP contribution in [0.5, 0.6) is 0 Å². The molecule has 0 aromatic heterocycles. The van der Waals surface area contributed by atoms with E-state index in [1.165, 1.54) is 38.8 Å². The summed E-state index contributed by atoms with van der Waals surface area (Å²) in [6, 6.07) is 0.661. The fourth-order valence-electron chi connectivity index (χ4n) is 3.70. The molecule has 130 valence electrons. The highest BCUT2D eigenvalue weighted by Gasteiger charge is 2.32. The molecular formula is C15H29Cl2N3O2. The molecule has 3 fully saturated rings. The third-order valence-electron chi connectivity index (χ3n) is 4.78. The molecule has 5 nitrogen and oxygen atoms in total. The molecule has 0 bridgehead atoms. The van der Waals surface area contributed by atoms with Crippen molar-refractivity contribution in [1.29, 1.82) is 0 Å². The minimum atomic E-state index is 0. The number of nitrogens with one attached hydrogen (secondary N) is 1.